The maximum atomic E-state index is 12.4. The third kappa shape index (κ3) is 5.81. The number of benzene rings is 1. The Morgan fingerprint density at radius 1 is 1.22 bits per heavy atom. The summed E-state index contributed by atoms with van der Waals surface area (Å²) in [6.07, 6.45) is 0. The number of nitrogens with zero attached hydrogens (tertiary/aromatic N) is 1. The molecule has 0 aliphatic rings. The molecule has 1 amide bonds. The molecule has 7 nitrogen and oxygen atoms in total. The topological polar surface area (TPSA) is 87.7 Å². The Hall–Kier alpha value is -1.64. The van der Waals surface area contributed by atoms with Crippen LogP contribution in [-0.2, 0) is 14.8 Å². The van der Waals surface area contributed by atoms with Crippen LogP contribution in [0.1, 0.15) is 11.1 Å². The van der Waals surface area contributed by atoms with Crippen LogP contribution >= 0.6 is 0 Å². The Balaban J connectivity index is 2.73. The zero-order valence-electron chi connectivity index (χ0n) is 14.3. The van der Waals surface area contributed by atoms with Crippen molar-refractivity contribution in [2.75, 3.05) is 40.8 Å². The second-order valence-electron chi connectivity index (χ2n) is 5.57. The van der Waals surface area contributed by atoms with E-state index in [9.17, 15) is 13.2 Å². The standard InChI is InChI=1S/C15H25N3O4S/c1-11-9-14(12(2)8-13(11)22-5)23(20,21)17-10-15(19)16-6-7-18(3)4/h8-9,17H,6-7,10H2,1-5H3,(H,16,19). The van der Waals surface area contributed by atoms with Crippen molar-refractivity contribution in [3.05, 3.63) is 23.3 Å². The fraction of sp³-hybridized carbons (Fsp3) is 0.533. The molecule has 0 spiro atoms. The molecule has 0 aromatic heterocycles. The van der Waals surface area contributed by atoms with E-state index < -0.39 is 10.0 Å². The summed E-state index contributed by atoms with van der Waals surface area (Å²) in [6, 6.07) is 3.21. The molecule has 23 heavy (non-hydrogen) atoms. The zero-order chi connectivity index (χ0) is 17.6. The number of hydrogen-bond donors (Lipinski definition) is 2. The number of sulfonamides is 1. The number of aryl methyl sites for hydroxylation is 2. The minimum Gasteiger partial charge on any atom is -0.496 e. The molecule has 0 unspecified atom stereocenters. The summed E-state index contributed by atoms with van der Waals surface area (Å²) in [5.74, 6) is 0.265. The number of likely N-dealkylation sites (N-methyl/N-ethyl adjacent to an activating group) is 1. The predicted octanol–water partition coefficient (Wildman–Crippen LogP) is 0.268. The number of rotatable bonds is 8. The van der Waals surface area contributed by atoms with E-state index in [4.69, 9.17) is 4.74 Å². The normalized spacial score (nSPS) is 11.6. The lowest BCUT2D eigenvalue weighted by atomic mass is 10.1. The van der Waals surface area contributed by atoms with Gasteiger partial charge in [-0.3, -0.25) is 4.79 Å². The van der Waals surface area contributed by atoms with Crippen LogP contribution in [0.5, 0.6) is 5.75 Å². The van der Waals surface area contributed by atoms with E-state index in [1.807, 2.05) is 19.0 Å². The van der Waals surface area contributed by atoms with Gasteiger partial charge in [0, 0.05) is 13.1 Å². The van der Waals surface area contributed by atoms with Crippen molar-refractivity contribution in [2.45, 2.75) is 18.7 Å². The Bertz CT molecular complexity index is 657. The van der Waals surface area contributed by atoms with Crippen LogP contribution in [0.4, 0.5) is 0 Å². The smallest absolute Gasteiger partial charge is 0.241 e. The number of amides is 1. The lowest BCUT2D eigenvalue weighted by Gasteiger charge is -2.13. The van der Waals surface area contributed by atoms with Gasteiger partial charge in [0.25, 0.3) is 0 Å². The van der Waals surface area contributed by atoms with Gasteiger partial charge in [0.15, 0.2) is 0 Å². The summed E-state index contributed by atoms with van der Waals surface area (Å²) in [4.78, 5) is 13.8. The van der Waals surface area contributed by atoms with Gasteiger partial charge in [0.2, 0.25) is 15.9 Å². The largest absolute Gasteiger partial charge is 0.496 e. The Kier molecular flexibility index (Phi) is 6.99. The number of ether oxygens (including phenoxy) is 1. The molecule has 2 N–H and O–H groups in total. The molecule has 1 aromatic rings. The van der Waals surface area contributed by atoms with Gasteiger partial charge < -0.3 is 15.0 Å². The third-order valence-electron chi connectivity index (χ3n) is 3.29. The maximum absolute atomic E-state index is 12.4. The first-order valence-corrected chi connectivity index (χ1v) is 8.72. The monoisotopic (exact) mass is 343 g/mol. The molecule has 0 saturated heterocycles. The van der Waals surface area contributed by atoms with Gasteiger partial charge in [-0.05, 0) is 51.2 Å². The minimum absolute atomic E-state index is 0.150. The Morgan fingerprint density at radius 3 is 2.43 bits per heavy atom. The summed E-state index contributed by atoms with van der Waals surface area (Å²) < 4.78 is 32.2. The molecule has 0 aliphatic heterocycles. The molecule has 1 rings (SSSR count). The lowest BCUT2D eigenvalue weighted by molar-refractivity contribution is -0.119. The highest BCUT2D eigenvalue weighted by Gasteiger charge is 2.19. The van der Waals surface area contributed by atoms with Crippen molar-refractivity contribution < 1.29 is 17.9 Å². The summed E-state index contributed by atoms with van der Waals surface area (Å²) >= 11 is 0. The highest BCUT2D eigenvalue weighted by atomic mass is 32.2. The van der Waals surface area contributed by atoms with Gasteiger partial charge in [0.1, 0.15) is 5.75 Å². The fourth-order valence-corrected chi connectivity index (χ4v) is 3.28. The van der Waals surface area contributed by atoms with Crippen LogP contribution < -0.4 is 14.8 Å². The number of carbonyl (C=O) groups excluding carboxylic acids is 1. The van der Waals surface area contributed by atoms with Crippen molar-refractivity contribution in [3.8, 4) is 5.75 Å². The van der Waals surface area contributed by atoms with Gasteiger partial charge >= 0.3 is 0 Å². The van der Waals surface area contributed by atoms with Crippen molar-refractivity contribution in [2.24, 2.45) is 0 Å². The quantitative estimate of drug-likeness (QED) is 0.707. The molecule has 0 heterocycles. The first kappa shape index (κ1) is 19.4. The fourth-order valence-electron chi connectivity index (χ4n) is 1.99. The molecule has 0 fully saturated rings. The number of carbonyl (C=O) groups is 1. The maximum Gasteiger partial charge on any atom is 0.241 e. The lowest BCUT2D eigenvalue weighted by Crippen LogP contribution is -2.39. The van der Waals surface area contributed by atoms with Crippen LogP contribution in [0.15, 0.2) is 17.0 Å². The van der Waals surface area contributed by atoms with E-state index >= 15 is 0 Å². The third-order valence-corrected chi connectivity index (χ3v) is 4.83. The number of hydrogen-bond acceptors (Lipinski definition) is 5. The number of methoxy groups -OCH3 is 1. The predicted molar refractivity (Wildman–Crippen MR) is 89.2 cm³/mol. The van der Waals surface area contributed by atoms with E-state index in [1.165, 1.54) is 7.11 Å². The van der Waals surface area contributed by atoms with Gasteiger partial charge in [-0.25, -0.2) is 13.1 Å². The van der Waals surface area contributed by atoms with Gasteiger partial charge in [-0.2, -0.15) is 0 Å². The van der Waals surface area contributed by atoms with E-state index in [1.54, 1.807) is 26.0 Å². The van der Waals surface area contributed by atoms with Crippen LogP contribution in [0.3, 0.4) is 0 Å². The Labute approximate surface area is 138 Å². The van der Waals surface area contributed by atoms with Gasteiger partial charge in [-0.1, -0.05) is 0 Å². The van der Waals surface area contributed by atoms with Gasteiger partial charge in [-0.15, -0.1) is 0 Å². The van der Waals surface area contributed by atoms with E-state index in [2.05, 4.69) is 10.0 Å². The van der Waals surface area contributed by atoms with Gasteiger partial charge in [0.05, 0.1) is 18.6 Å². The second-order valence-corrected chi connectivity index (χ2v) is 7.30. The molecule has 0 aliphatic carbocycles. The average Bonchev–Trinajstić information content (AvgIpc) is 2.46. The summed E-state index contributed by atoms with van der Waals surface area (Å²) in [5, 5.41) is 2.65. The summed E-state index contributed by atoms with van der Waals surface area (Å²) in [7, 11) is 1.57. The van der Waals surface area contributed by atoms with E-state index in [-0.39, 0.29) is 17.3 Å². The summed E-state index contributed by atoms with van der Waals surface area (Å²) in [6.45, 7) is 4.32. The van der Waals surface area contributed by atoms with Crippen molar-refractivity contribution >= 4 is 15.9 Å². The molecule has 8 heteroatoms. The first-order valence-electron chi connectivity index (χ1n) is 7.23. The van der Waals surface area contributed by atoms with E-state index in [0.717, 1.165) is 0 Å². The van der Waals surface area contributed by atoms with Crippen molar-refractivity contribution in [1.82, 2.24) is 14.9 Å². The Morgan fingerprint density at radius 2 is 1.87 bits per heavy atom. The van der Waals surface area contributed by atoms with Crippen LogP contribution in [0.2, 0.25) is 0 Å². The molecular weight excluding hydrogens is 318 g/mol. The van der Waals surface area contributed by atoms with E-state index in [0.29, 0.717) is 30.0 Å². The van der Waals surface area contributed by atoms with Crippen LogP contribution in [-0.4, -0.2) is 60.1 Å². The molecule has 0 saturated carbocycles. The minimum atomic E-state index is -3.75. The zero-order valence-corrected chi connectivity index (χ0v) is 15.1. The molecule has 0 bridgehead atoms. The van der Waals surface area contributed by atoms with Crippen molar-refractivity contribution in [1.29, 1.82) is 0 Å². The molecule has 1 aromatic carbocycles. The van der Waals surface area contributed by atoms with Crippen LogP contribution in [0, 0.1) is 13.8 Å². The molecule has 0 atom stereocenters. The summed E-state index contributed by atoms with van der Waals surface area (Å²) in [5.41, 5.74) is 1.28. The highest BCUT2D eigenvalue weighted by Crippen LogP contribution is 2.25. The first-order chi connectivity index (χ1) is 10.7. The molecular formula is C15H25N3O4S. The average molecular weight is 343 g/mol. The molecule has 0 radical (unpaired) electrons. The molecule has 130 valence electrons. The van der Waals surface area contributed by atoms with Crippen molar-refractivity contribution in [3.63, 3.8) is 0 Å². The van der Waals surface area contributed by atoms with Crippen LogP contribution in [0.25, 0.3) is 0 Å². The SMILES string of the molecule is COc1cc(C)c(S(=O)(=O)NCC(=O)NCCN(C)C)cc1C. The number of nitrogens with one attached hydrogen (secondary N) is 2. The highest BCUT2D eigenvalue weighted by molar-refractivity contribution is 7.89. The second kappa shape index (κ2) is 8.28.